The predicted molar refractivity (Wildman–Crippen MR) is 74.2 cm³/mol. The average Bonchev–Trinajstić information content (AvgIpc) is 2.33. The number of hydrogen-bond donors (Lipinski definition) is 2. The van der Waals surface area contributed by atoms with E-state index in [1.54, 1.807) is 20.8 Å². The second-order valence-corrected chi connectivity index (χ2v) is 5.55. The van der Waals surface area contributed by atoms with Crippen molar-refractivity contribution in [2.75, 3.05) is 6.54 Å². The first-order valence-corrected chi connectivity index (χ1v) is 6.55. The van der Waals surface area contributed by atoms with E-state index in [2.05, 4.69) is 10.1 Å². The van der Waals surface area contributed by atoms with E-state index < -0.39 is 30.2 Å². The summed E-state index contributed by atoms with van der Waals surface area (Å²) in [6, 6.07) is 2.37. The number of nitrogens with two attached hydrogens (primary N) is 1. The van der Waals surface area contributed by atoms with Crippen LogP contribution in [0.2, 0.25) is 0 Å². The smallest absolute Gasteiger partial charge is 0.407 e. The minimum absolute atomic E-state index is 0.0673. The SMILES string of the molecule is CC(C)(C)OC(=O)NCC(N)c1ccc(OC(F)F)cc1F. The Balaban J connectivity index is 2.62. The molecule has 0 fully saturated rings. The first-order valence-electron chi connectivity index (χ1n) is 6.55. The van der Waals surface area contributed by atoms with Gasteiger partial charge < -0.3 is 20.5 Å². The number of halogens is 3. The van der Waals surface area contributed by atoms with Gasteiger partial charge in [0.15, 0.2) is 0 Å². The van der Waals surface area contributed by atoms with Crippen LogP contribution in [0.3, 0.4) is 0 Å². The zero-order chi connectivity index (χ0) is 16.9. The van der Waals surface area contributed by atoms with Crippen LogP contribution in [0.1, 0.15) is 32.4 Å². The number of ether oxygens (including phenoxy) is 2. The lowest BCUT2D eigenvalue weighted by atomic mass is 10.1. The third-order valence-corrected chi connectivity index (χ3v) is 2.46. The molecule has 8 heteroatoms. The molecule has 0 aromatic heterocycles. The van der Waals surface area contributed by atoms with Gasteiger partial charge in [-0.1, -0.05) is 6.07 Å². The third-order valence-electron chi connectivity index (χ3n) is 2.46. The van der Waals surface area contributed by atoms with E-state index in [-0.39, 0.29) is 17.9 Å². The van der Waals surface area contributed by atoms with Crippen molar-refractivity contribution in [2.24, 2.45) is 5.73 Å². The summed E-state index contributed by atoms with van der Waals surface area (Å²) < 4.78 is 46.9. The molecule has 0 bridgehead atoms. The monoisotopic (exact) mass is 320 g/mol. The second kappa shape index (κ2) is 7.35. The average molecular weight is 320 g/mol. The van der Waals surface area contributed by atoms with E-state index in [9.17, 15) is 18.0 Å². The van der Waals surface area contributed by atoms with Crippen molar-refractivity contribution in [3.05, 3.63) is 29.6 Å². The number of alkyl halides is 2. The van der Waals surface area contributed by atoms with E-state index in [4.69, 9.17) is 10.5 Å². The Labute approximate surface area is 126 Å². The number of carbonyl (C=O) groups is 1. The number of rotatable bonds is 5. The molecular weight excluding hydrogens is 301 g/mol. The molecule has 22 heavy (non-hydrogen) atoms. The van der Waals surface area contributed by atoms with Crippen molar-refractivity contribution in [1.29, 1.82) is 0 Å². The van der Waals surface area contributed by atoms with Crippen LogP contribution in [-0.4, -0.2) is 24.9 Å². The first kappa shape index (κ1) is 18.1. The fourth-order valence-corrected chi connectivity index (χ4v) is 1.60. The number of carbonyl (C=O) groups excluding carboxylic acids is 1. The highest BCUT2D eigenvalue weighted by Gasteiger charge is 2.18. The van der Waals surface area contributed by atoms with E-state index in [1.807, 2.05) is 0 Å². The third kappa shape index (κ3) is 6.21. The van der Waals surface area contributed by atoms with Gasteiger partial charge in [-0.15, -0.1) is 0 Å². The minimum Gasteiger partial charge on any atom is -0.444 e. The lowest BCUT2D eigenvalue weighted by molar-refractivity contribution is -0.0500. The maximum absolute atomic E-state index is 13.8. The van der Waals surface area contributed by atoms with Crippen LogP contribution in [0, 0.1) is 5.82 Å². The fraction of sp³-hybridized carbons (Fsp3) is 0.500. The zero-order valence-electron chi connectivity index (χ0n) is 12.5. The molecule has 124 valence electrons. The molecule has 0 aliphatic rings. The summed E-state index contributed by atoms with van der Waals surface area (Å²) in [6.07, 6.45) is -0.680. The summed E-state index contributed by atoms with van der Waals surface area (Å²) in [4.78, 5) is 11.5. The predicted octanol–water partition coefficient (Wildman–Crippen LogP) is 2.95. The molecule has 3 N–H and O–H groups in total. The van der Waals surface area contributed by atoms with Gasteiger partial charge >= 0.3 is 12.7 Å². The van der Waals surface area contributed by atoms with Crippen molar-refractivity contribution < 1.29 is 27.4 Å². The molecule has 5 nitrogen and oxygen atoms in total. The highest BCUT2D eigenvalue weighted by atomic mass is 19.3. The Morgan fingerprint density at radius 1 is 1.36 bits per heavy atom. The topological polar surface area (TPSA) is 73.6 Å². The Morgan fingerprint density at radius 3 is 2.50 bits per heavy atom. The number of hydrogen-bond acceptors (Lipinski definition) is 4. The van der Waals surface area contributed by atoms with Crippen molar-refractivity contribution in [3.63, 3.8) is 0 Å². The van der Waals surface area contributed by atoms with E-state index in [1.165, 1.54) is 12.1 Å². The molecule has 1 atom stereocenters. The van der Waals surface area contributed by atoms with Crippen LogP contribution >= 0.6 is 0 Å². The van der Waals surface area contributed by atoms with Crippen molar-refractivity contribution in [1.82, 2.24) is 5.32 Å². The number of benzene rings is 1. The largest absolute Gasteiger partial charge is 0.444 e. The van der Waals surface area contributed by atoms with Gasteiger partial charge in [-0.3, -0.25) is 0 Å². The molecule has 0 aliphatic heterocycles. The molecule has 0 saturated heterocycles. The molecule has 0 heterocycles. The first-order chi connectivity index (χ1) is 10.1. The minimum atomic E-state index is -3.03. The molecule has 0 radical (unpaired) electrons. The molecule has 0 saturated carbocycles. The number of alkyl carbamates (subject to hydrolysis) is 1. The van der Waals surface area contributed by atoms with Crippen LogP contribution in [0.15, 0.2) is 18.2 Å². The van der Waals surface area contributed by atoms with Crippen LogP contribution < -0.4 is 15.8 Å². The summed E-state index contributed by atoms with van der Waals surface area (Å²) in [7, 11) is 0. The van der Waals surface area contributed by atoms with Gasteiger partial charge in [0.25, 0.3) is 0 Å². The van der Waals surface area contributed by atoms with Crippen molar-refractivity contribution >= 4 is 6.09 Å². The molecule has 1 amide bonds. The van der Waals surface area contributed by atoms with Gasteiger partial charge in [0.05, 0.1) is 6.04 Å². The van der Waals surface area contributed by atoms with E-state index in [0.29, 0.717) is 0 Å². The maximum Gasteiger partial charge on any atom is 0.407 e. The lowest BCUT2D eigenvalue weighted by Gasteiger charge is -2.21. The molecule has 1 unspecified atom stereocenters. The molecule has 1 aromatic rings. The molecule has 1 rings (SSSR count). The van der Waals surface area contributed by atoms with Crippen LogP contribution in [0.4, 0.5) is 18.0 Å². The van der Waals surface area contributed by atoms with Crippen LogP contribution in [0.5, 0.6) is 5.75 Å². The van der Waals surface area contributed by atoms with Gasteiger partial charge in [-0.05, 0) is 26.8 Å². The Bertz CT molecular complexity index is 519. The van der Waals surface area contributed by atoms with E-state index in [0.717, 1.165) is 6.07 Å². The quantitative estimate of drug-likeness (QED) is 0.875. The number of amides is 1. The summed E-state index contributed by atoms with van der Waals surface area (Å²) >= 11 is 0. The summed E-state index contributed by atoms with van der Waals surface area (Å²) in [5.74, 6) is -1.10. The van der Waals surface area contributed by atoms with Gasteiger partial charge in [0.1, 0.15) is 17.2 Å². The van der Waals surface area contributed by atoms with Gasteiger partial charge in [-0.25, -0.2) is 9.18 Å². The highest BCUT2D eigenvalue weighted by Crippen LogP contribution is 2.22. The maximum atomic E-state index is 13.8. The van der Waals surface area contributed by atoms with Crippen LogP contribution in [0.25, 0.3) is 0 Å². The molecule has 1 aromatic carbocycles. The number of nitrogens with one attached hydrogen (secondary N) is 1. The standard InChI is InChI=1S/C14H19F3N2O3/c1-14(2,3)22-13(20)19-7-11(18)9-5-4-8(6-10(9)15)21-12(16)17/h4-6,11-12H,7,18H2,1-3H3,(H,19,20). The van der Waals surface area contributed by atoms with Gasteiger partial charge in [-0.2, -0.15) is 8.78 Å². The van der Waals surface area contributed by atoms with Crippen LogP contribution in [-0.2, 0) is 4.74 Å². The zero-order valence-corrected chi connectivity index (χ0v) is 12.5. The molecule has 0 spiro atoms. The lowest BCUT2D eigenvalue weighted by Crippen LogP contribution is -2.36. The summed E-state index contributed by atoms with van der Waals surface area (Å²) in [6.45, 7) is 2.00. The normalized spacial score (nSPS) is 12.9. The highest BCUT2D eigenvalue weighted by molar-refractivity contribution is 5.67. The second-order valence-electron chi connectivity index (χ2n) is 5.55. The molecule has 0 aliphatic carbocycles. The fourth-order valence-electron chi connectivity index (χ4n) is 1.60. The Hall–Kier alpha value is -1.96. The van der Waals surface area contributed by atoms with Crippen molar-refractivity contribution in [3.8, 4) is 5.75 Å². The van der Waals surface area contributed by atoms with Gasteiger partial charge in [0, 0.05) is 18.2 Å². The Morgan fingerprint density at radius 2 is 2.00 bits per heavy atom. The van der Waals surface area contributed by atoms with E-state index >= 15 is 0 Å². The summed E-state index contributed by atoms with van der Waals surface area (Å²) in [5.41, 5.74) is 5.17. The summed E-state index contributed by atoms with van der Waals surface area (Å²) in [5, 5.41) is 2.41. The van der Waals surface area contributed by atoms with Crippen molar-refractivity contribution in [2.45, 2.75) is 39.0 Å². The van der Waals surface area contributed by atoms with Gasteiger partial charge in [0.2, 0.25) is 0 Å². The molecular formula is C14H19F3N2O3. The Kier molecular flexibility index (Phi) is 6.04.